The molecule has 0 saturated carbocycles. The Labute approximate surface area is 90.9 Å². The highest BCUT2D eigenvalue weighted by Gasteiger charge is 1.97. The maximum Gasteiger partial charge on any atom is 0.327 e. The van der Waals surface area contributed by atoms with Crippen LogP contribution in [0.3, 0.4) is 0 Å². The quantitative estimate of drug-likeness (QED) is 0.420. The summed E-state index contributed by atoms with van der Waals surface area (Å²) in [6, 6.07) is 0. The predicted molar refractivity (Wildman–Crippen MR) is 58.6 cm³/mol. The molecule has 0 aromatic heterocycles. The lowest BCUT2D eigenvalue weighted by Gasteiger charge is -1.97. The SMILES string of the molecule is C=CC(=O)O.CCCCCCC(=O)OC. The third kappa shape index (κ3) is 19.2. The zero-order valence-corrected chi connectivity index (χ0v) is 9.49. The van der Waals surface area contributed by atoms with Crippen LogP contribution in [0.1, 0.15) is 39.0 Å². The van der Waals surface area contributed by atoms with E-state index in [0.29, 0.717) is 6.42 Å². The van der Waals surface area contributed by atoms with Crippen molar-refractivity contribution in [3.8, 4) is 0 Å². The van der Waals surface area contributed by atoms with Crippen molar-refractivity contribution in [3.63, 3.8) is 0 Å². The summed E-state index contributed by atoms with van der Waals surface area (Å²) in [4.78, 5) is 19.8. The molecule has 0 aromatic carbocycles. The van der Waals surface area contributed by atoms with Gasteiger partial charge in [0, 0.05) is 12.5 Å². The Balaban J connectivity index is 0. The van der Waals surface area contributed by atoms with E-state index in [2.05, 4.69) is 18.2 Å². The van der Waals surface area contributed by atoms with Gasteiger partial charge in [0.2, 0.25) is 0 Å². The van der Waals surface area contributed by atoms with E-state index in [9.17, 15) is 9.59 Å². The molecule has 1 N–H and O–H groups in total. The van der Waals surface area contributed by atoms with E-state index < -0.39 is 5.97 Å². The topological polar surface area (TPSA) is 63.6 Å². The number of carboxylic acid groups (broad SMARTS) is 1. The van der Waals surface area contributed by atoms with Gasteiger partial charge in [-0.1, -0.05) is 32.8 Å². The summed E-state index contributed by atoms with van der Waals surface area (Å²) < 4.78 is 4.49. The van der Waals surface area contributed by atoms with Crippen LogP contribution >= 0.6 is 0 Å². The number of aliphatic carboxylic acids is 1. The van der Waals surface area contributed by atoms with Gasteiger partial charge in [-0.2, -0.15) is 0 Å². The van der Waals surface area contributed by atoms with Crippen LogP contribution < -0.4 is 0 Å². The molecule has 0 heterocycles. The average Bonchev–Trinajstić information content (AvgIpc) is 2.24. The molecule has 0 unspecified atom stereocenters. The van der Waals surface area contributed by atoms with E-state index in [1.54, 1.807) is 0 Å². The maximum absolute atomic E-state index is 10.6. The van der Waals surface area contributed by atoms with Crippen LogP contribution in [0.4, 0.5) is 0 Å². The number of hydrogen-bond donors (Lipinski definition) is 1. The van der Waals surface area contributed by atoms with E-state index >= 15 is 0 Å². The highest BCUT2D eigenvalue weighted by molar-refractivity contribution is 5.78. The number of ether oxygens (including phenoxy) is 1. The fraction of sp³-hybridized carbons (Fsp3) is 0.636. The molecule has 0 aliphatic heterocycles. The number of carbonyl (C=O) groups excluding carboxylic acids is 1. The number of esters is 1. The van der Waals surface area contributed by atoms with E-state index in [1.807, 2.05) is 0 Å². The number of carboxylic acids is 1. The molecule has 4 nitrogen and oxygen atoms in total. The lowest BCUT2D eigenvalue weighted by molar-refractivity contribution is -0.140. The number of hydrogen-bond acceptors (Lipinski definition) is 3. The Morgan fingerprint density at radius 2 is 1.87 bits per heavy atom. The van der Waals surface area contributed by atoms with Gasteiger partial charge in [-0.25, -0.2) is 4.79 Å². The van der Waals surface area contributed by atoms with Crippen molar-refractivity contribution in [2.24, 2.45) is 0 Å². The van der Waals surface area contributed by atoms with E-state index in [1.165, 1.54) is 20.0 Å². The maximum atomic E-state index is 10.6. The summed E-state index contributed by atoms with van der Waals surface area (Å²) in [5, 5.41) is 7.60. The van der Waals surface area contributed by atoms with Crippen LogP contribution in [0, 0.1) is 0 Å². The van der Waals surface area contributed by atoms with Crippen LogP contribution in [0.2, 0.25) is 0 Å². The van der Waals surface area contributed by atoms with Crippen molar-refractivity contribution < 1.29 is 19.4 Å². The first-order valence-corrected chi connectivity index (χ1v) is 5.00. The number of carbonyl (C=O) groups is 2. The predicted octanol–water partition coefficient (Wildman–Crippen LogP) is 2.39. The minimum Gasteiger partial charge on any atom is -0.478 e. The Morgan fingerprint density at radius 1 is 1.33 bits per heavy atom. The Morgan fingerprint density at radius 3 is 2.20 bits per heavy atom. The van der Waals surface area contributed by atoms with Crippen LogP contribution in [0.25, 0.3) is 0 Å². The second-order valence-corrected chi connectivity index (χ2v) is 2.93. The zero-order valence-electron chi connectivity index (χ0n) is 9.49. The van der Waals surface area contributed by atoms with Crippen LogP contribution in [-0.4, -0.2) is 24.2 Å². The second kappa shape index (κ2) is 12.7. The summed E-state index contributed by atoms with van der Waals surface area (Å²) in [6.45, 7) is 5.11. The molecule has 0 spiro atoms. The minimum atomic E-state index is -0.981. The molecule has 88 valence electrons. The molecule has 0 rings (SSSR count). The van der Waals surface area contributed by atoms with Gasteiger partial charge in [0.1, 0.15) is 0 Å². The summed E-state index contributed by atoms with van der Waals surface area (Å²) in [5.41, 5.74) is 0. The summed E-state index contributed by atoms with van der Waals surface area (Å²) in [6.07, 6.45) is 5.96. The van der Waals surface area contributed by atoms with Crippen molar-refractivity contribution >= 4 is 11.9 Å². The molecule has 0 bridgehead atoms. The molecule has 4 heteroatoms. The van der Waals surface area contributed by atoms with Gasteiger partial charge in [-0.15, -0.1) is 0 Å². The van der Waals surface area contributed by atoms with Gasteiger partial charge in [-0.3, -0.25) is 4.79 Å². The van der Waals surface area contributed by atoms with Crippen molar-refractivity contribution in [1.82, 2.24) is 0 Å². The van der Waals surface area contributed by atoms with Crippen LogP contribution in [-0.2, 0) is 14.3 Å². The van der Waals surface area contributed by atoms with Crippen molar-refractivity contribution in [3.05, 3.63) is 12.7 Å². The fourth-order valence-electron chi connectivity index (χ4n) is 0.798. The summed E-state index contributed by atoms with van der Waals surface area (Å²) in [7, 11) is 1.43. The molecule has 0 aliphatic rings. The molecule has 15 heavy (non-hydrogen) atoms. The average molecular weight is 216 g/mol. The van der Waals surface area contributed by atoms with E-state index in [4.69, 9.17) is 5.11 Å². The van der Waals surface area contributed by atoms with Gasteiger partial charge < -0.3 is 9.84 Å². The summed E-state index contributed by atoms with van der Waals surface area (Å²) in [5.74, 6) is -1.07. The fourth-order valence-corrected chi connectivity index (χ4v) is 0.798. The first-order valence-electron chi connectivity index (χ1n) is 5.00. The largest absolute Gasteiger partial charge is 0.478 e. The Kier molecular flexibility index (Phi) is 13.6. The molecular formula is C11H20O4. The van der Waals surface area contributed by atoms with Crippen LogP contribution in [0.5, 0.6) is 0 Å². The monoisotopic (exact) mass is 216 g/mol. The van der Waals surface area contributed by atoms with Gasteiger partial charge >= 0.3 is 11.9 Å². The molecule has 0 aromatic rings. The van der Waals surface area contributed by atoms with Crippen LogP contribution in [0.15, 0.2) is 12.7 Å². The number of methoxy groups -OCH3 is 1. The van der Waals surface area contributed by atoms with E-state index in [0.717, 1.165) is 18.9 Å². The third-order valence-corrected chi connectivity index (χ3v) is 1.64. The van der Waals surface area contributed by atoms with Crippen molar-refractivity contribution in [2.45, 2.75) is 39.0 Å². The van der Waals surface area contributed by atoms with E-state index in [-0.39, 0.29) is 5.97 Å². The first kappa shape index (κ1) is 16.1. The van der Waals surface area contributed by atoms with Gasteiger partial charge in [-0.05, 0) is 6.42 Å². The normalized spacial score (nSPS) is 8.40. The Hall–Kier alpha value is -1.32. The molecular weight excluding hydrogens is 196 g/mol. The van der Waals surface area contributed by atoms with Crippen molar-refractivity contribution in [2.75, 3.05) is 7.11 Å². The first-order chi connectivity index (χ1) is 7.08. The number of unbranched alkanes of at least 4 members (excludes halogenated alkanes) is 3. The number of rotatable bonds is 6. The zero-order chi connectivity index (χ0) is 12.1. The minimum absolute atomic E-state index is 0.0869. The van der Waals surface area contributed by atoms with Gasteiger partial charge in [0.05, 0.1) is 7.11 Å². The smallest absolute Gasteiger partial charge is 0.327 e. The molecule has 0 aliphatic carbocycles. The lowest BCUT2D eigenvalue weighted by Crippen LogP contribution is -1.98. The van der Waals surface area contributed by atoms with Gasteiger partial charge in [0.15, 0.2) is 0 Å². The molecule has 0 amide bonds. The Bertz CT molecular complexity index is 187. The molecule has 0 fully saturated rings. The van der Waals surface area contributed by atoms with Crippen molar-refractivity contribution in [1.29, 1.82) is 0 Å². The molecule has 0 saturated heterocycles. The highest BCUT2D eigenvalue weighted by Crippen LogP contribution is 2.02. The molecule has 0 radical (unpaired) electrons. The summed E-state index contributed by atoms with van der Waals surface area (Å²) >= 11 is 0. The van der Waals surface area contributed by atoms with Gasteiger partial charge in [0.25, 0.3) is 0 Å². The standard InChI is InChI=1S/C8H16O2.C3H4O2/c1-3-4-5-6-7-8(9)10-2;1-2-3(4)5/h3-7H2,1-2H3;2H,1H2,(H,4,5). The lowest BCUT2D eigenvalue weighted by atomic mass is 10.2. The third-order valence-electron chi connectivity index (χ3n) is 1.64. The highest BCUT2D eigenvalue weighted by atomic mass is 16.5. The second-order valence-electron chi connectivity index (χ2n) is 2.93. The molecule has 0 atom stereocenters.